The molecular weight excluding hydrogens is 468 g/mol. The van der Waals surface area contributed by atoms with E-state index in [2.05, 4.69) is 5.32 Å². The topological polar surface area (TPSA) is 107 Å². The summed E-state index contributed by atoms with van der Waals surface area (Å²) in [5, 5.41) is 2.91. The van der Waals surface area contributed by atoms with E-state index in [4.69, 9.17) is 0 Å². The molecular formula is C25H30N4O5S. The molecule has 2 atom stereocenters. The predicted molar refractivity (Wildman–Crippen MR) is 131 cm³/mol. The zero-order valence-corrected chi connectivity index (χ0v) is 21.1. The summed E-state index contributed by atoms with van der Waals surface area (Å²) in [5.41, 5.74) is 1.04. The first-order valence-corrected chi connectivity index (χ1v) is 13.0. The van der Waals surface area contributed by atoms with Crippen LogP contribution in [0.3, 0.4) is 0 Å². The lowest BCUT2D eigenvalue weighted by Gasteiger charge is -2.48. The third-order valence-electron chi connectivity index (χ3n) is 6.84. The summed E-state index contributed by atoms with van der Waals surface area (Å²) < 4.78 is 25.7. The lowest BCUT2D eigenvalue weighted by atomic mass is 9.98. The Balaban J connectivity index is 1.44. The molecule has 2 aromatic carbocycles. The van der Waals surface area contributed by atoms with Gasteiger partial charge in [0, 0.05) is 33.5 Å². The van der Waals surface area contributed by atoms with E-state index in [1.807, 2.05) is 19.9 Å². The molecule has 1 N–H and O–H groups in total. The van der Waals surface area contributed by atoms with Gasteiger partial charge in [-0.3, -0.25) is 19.3 Å². The number of carbonyl (C=O) groups is 3. The molecule has 2 aliphatic rings. The highest BCUT2D eigenvalue weighted by Gasteiger charge is 2.52. The molecule has 0 radical (unpaired) electrons. The Morgan fingerprint density at radius 3 is 2.43 bits per heavy atom. The van der Waals surface area contributed by atoms with Gasteiger partial charge < -0.3 is 10.2 Å². The summed E-state index contributed by atoms with van der Waals surface area (Å²) in [4.78, 5) is 42.2. The van der Waals surface area contributed by atoms with Gasteiger partial charge >= 0.3 is 0 Å². The van der Waals surface area contributed by atoms with E-state index in [0.29, 0.717) is 24.1 Å². The Bertz CT molecular complexity index is 1280. The summed E-state index contributed by atoms with van der Waals surface area (Å²) in [5.74, 6) is -0.462. The van der Waals surface area contributed by atoms with E-state index in [-0.39, 0.29) is 41.6 Å². The molecule has 0 bridgehead atoms. The number of nitrogens with zero attached hydrogens (tertiary/aromatic N) is 3. The van der Waals surface area contributed by atoms with E-state index in [1.54, 1.807) is 40.1 Å². The van der Waals surface area contributed by atoms with Crippen LogP contribution in [-0.4, -0.2) is 61.6 Å². The smallest absolute Gasteiger partial charge is 0.257 e. The van der Waals surface area contributed by atoms with Crippen molar-refractivity contribution in [1.82, 2.24) is 14.5 Å². The molecule has 1 saturated heterocycles. The van der Waals surface area contributed by atoms with Crippen molar-refractivity contribution in [2.75, 3.05) is 25.5 Å². The SMILES string of the molecule is CC(NC(=O)CCN1C(=O)c2ccccc2N2C(=O)CCC12C)c1ccc(S(=O)(=O)N(C)C)cc1. The third kappa shape index (κ3) is 4.32. The van der Waals surface area contributed by atoms with Crippen molar-refractivity contribution in [1.29, 1.82) is 0 Å². The normalized spacial score (nSPS) is 20.6. The van der Waals surface area contributed by atoms with Crippen LogP contribution in [0, 0.1) is 0 Å². The van der Waals surface area contributed by atoms with Crippen LogP contribution in [0.4, 0.5) is 5.69 Å². The highest BCUT2D eigenvalue weighted by molar-refractivity contribution is 7.89. The summed E-state index contributed by atoms with van der Waals surface area (Å²) in [7, 11) is -0.584. The minimum absolute atomic E-state index is 0.0322. The zero-order valence-electron chi connectivity index (χ0n) is 20.3. The second-order valence-electron chi connectivity index (χ2n) is 9.32. The number of hydrogen-bond donors (Lipinski definition) is 1. The molecule has 0 aliphatic carbocycles. The number of hydrogen-bond acceptors (Lipinski definition) is 5. The van der Waals surface area contributed by atoms with Crippen molar-refractivity contribution in [3.63, 3.8) is 0 Å². The number of anilines is 1. The Labute approximate surface area is 205 Å². The summed E-state index contributed by atoms with van der Waals surface area (Å²) in [6.45, 7) is 3.86. The molecule has 186 valence electrons. The zero-order chi connectivity index (χ0) is 25.5. The minimum atomic E-state index is -3.53. The van der Waals surface area contributed by atoms with Gasteiger partial charge in [-0.1, -0.05) is 24.3 Å². The first-order valence-electron chi connectivity index (χ1n) is 11.5. The van der Waals surface area contributed by atoms with Crippen molar-refractivity contribution < 1.29 is 22.8 Å². The fourth-order valence-corrected chi connectivity index (χ4v) is 5.69. The van der Waals surface area contributed by atoms with E-state index in [9.17, 15) is 22.8 Å². The van der Waals surface area contributed by atoms with Crippen LogP contribution < -0.4 is 10.2 Å². The number of carbonyl (C=O) groups excluding carboxylic acids is 3. The third-order valence-corrected chi connectivity index (χ3v) is 8.67. The van der Waals surface area contributed by atoms with E-state index in [0.717, 1.165) is 9.87 Å². The van der Waals surface area contributed by atoms with Gasteiger partial charge in [0.2, 0.25) is 21.8 Å². The number of nitrogens with one attached hydrogen (secondary N) is 1. The minimum Gasteiger partial charge on any atom is -0.350 e. The van der Waals surface area contributed by atoms with Gasteiger partial charge in [0.15, 0.2) is 0 Å². The fourth-order valence-electron chi connectivity index (χ4n) is 4.79. The summed E-state index contributed by atoms with van der Waals surface area (Å²) in [6, 6.07) is 13.1. The molecule has 0 spiro atoms. The van der Waals surface area contributed by atoms with E-state index >= 15 is 0 Å². The second-order valence-corrected chi connectivity index (χ2v) is 11.5. The highest BCUT2D eigenvalue weighted by Crippen LogP contribution is 2.43. The number of rotatable bonds is 7. The van der Waals surface area contributed by atoms with Gasteiger partial charge in [-0.15, -0.1) is 0 Å². The van der Waals surface area contributed by atoms with Crippen molar-refractivity contribution in [2.45, 2.75) is 49.7 Å². The molecule has 10 heteroatoms. The van der Waals surface area contributed by atoms with Crippen LogP contribution in [-0.2, 0) is 19.6 Å². The molecule has 2 unspecified atom stereocenters. The van der Waals surface area contributed by atoms with Crippen LogP contribution >= 0.6 is 0 Å². The predicted octanol–water partition coefficient (Wildman–Crippen LogP) is 2.50. The van der Waals surface area contributed by atoms with Crippen LogP contribution in [0.1, 0.15) is 55.1 Å². The molecule has 1 fully saturated rings. The Hall–Kier alpha value is -3.24. The van der Waals surface area contributed by atoms with Crippen molar-refractivity contribution in [3.8, 4) is 0 Å². The average Bonchev–Trinajstić information content (AvgIpc) is 3.13. The maximum Gasteiger partial charge on any atom is 0.257 e. The van der Waals surface area contributed by atoms with Crippen LogP contribution in [0.15, 0.2) is 53.4 Å². The van der Waals surface area contributed by atoms with E-state index < -0.39 is 15.7 Å². The standard InChI is InChI=1S/C25H30N4O5S/c1-17(18-9-11-19(12-10-18)35(33,34)27(3)4)26-22(30)14-16-28-24(32)20-7-5-6-8-21(20)29-23(31)13-15-25(28,29)2/h5-12,17H,13-16H2,1-4H3,(H,26,30). The van der Waals surface area contributed by atoms with Gasteiger partial charge in [0.1, 0.15) is 5.66 Å². The average molecular weight is 499 g/mol. The van der Waals surface area contributed by atoms with Crippen molar-refractivity contribution in [3.05, 3.63) is 59.7 Å². The Morgan fingerprint density at radius 1 is 1.11 bits per heavy atom. The van der Waals surface area contributed by atoms with Gasteiger partial charge in [0.05, 0.1) is 22.2 Å². The van der Waals surface area contributed by atoms with Crippen LogP contribution in [0.25, 0.3) is 0 Å². The molecule has 35 heavy (non-hydrogen) atoms. The molecule has 2 heterocycles. The maximum atomic E-state index is 13.3. The number of amides is 3. The lowest BCUT2D eigenvalue weighted by Crippen LogP contribution is -2.62. The molecule has 3 amide bonds. The van der Waals surface area contributed by atoms with Gasteiger partial charge in [-0.05, 0) is 50.1 Å². The lowest BCUT2D eigenvalue weighted by molar-refractivity contribution is -0.122. The largest absolute Gasteiger partial charge is 0.350 e. The fraction of sp³-hybridized carbons (Fsp3) is 0.400. The monoisotopic (exact) mass is 498 g/mol. The first kappa shape index (κ1) is 24.9. The molecule has 0 saturated carbocycles. The Morgan fingerprint density at radius 2 is 1.77 bits per heavy atom. The van der Waals surface area contributed by atoms with Crippen molar-refractivity contribution in [2.24, 2.45) is 0 Å². The summed E-state index contributed by atoms with van der Waals surface area (Å²) in [6.07, 6.45) is 0.923. The summed E-state index contributed by atoms with van der Waals surface area (Å²) >= 11 is 0. The highest BCUT2D eigenvalue weighted by atomic mass is 32.2. The molecule has 2 aliphatic heterocycles. The molecule has 9 nitrogen and oxygen atoms in total. The van der Waals surface area contributed by atoms with Gasteiger partial charge in [-0.25, -0.2) is 12.7 Å². The van der Waals surface area contributed by atoms with Crippen LogP contribution in [0.2, 0.25) is 0 Å². The molecule has 4 rings (SSSR count). The van der Waals surface area contributed by atoms with Gasteiger partial charge in [-0.2, -0.15) is 0 Å². The number of benzene rings is 2. The molecule has 2 aromatic rings. The van der Waals surface area contributed by atoms with Gasteiger partial charge in [0.25, 0.3) is 5.91 Å². The van der Waals surface area contributed by atoms with Crippen molar-refractivity contribution >= 4 is 33.4 Å². The quantitative estimate of drug-likeness (QED) is 0.631. The Kier molecular flexibility index (Phi) is 6.46. The second kappa shape index (κ2) is 9.09. The van der Waals surface area contributed by atoms with Crippen LogP contribution in [0.5, 0.6) is 0 Å². The maximum absolute atomic E-state index is 13.3. The first-order chi connectivity index (χ1) is 16.5. The van der Waals surface area contributed by atoms with E-state index in [1.165, 1.54) is 26.2 Å². The number of fused-ring (bicyclic) bond motifs is 3. The molecule has 0 aromatic heterocycles. The number of sulfonamides is 1. The number of para-hydroxylation sites is 1.